The number of ketones is 1. The van der Waals surface area contributed by atoms with Crippen molar-refractivity contribution in [2.45, 2.75) is 13.5 Å². The lowest BCUT2D eigenvalue weighted by Crippen LogP contribution is -2.29. The molecule has 0 saturated heterocycles. The van der Waals surface area contributed by atoms with Gasteiger partial charge in [-0.2, -0.15) is 0 Å². The minimum atomic E-state index is -0.457. The lowest BCUT2D eigenvalue weighted by molar-refractivity contribution is -0.114. The second-order valence-electron chi connectivity index (χ2n) is 4.55. The third-order valence-corrected chi connectivity index (χ3v) is 3.28. The summed E-state index contributed by atoms with van der Waals surface area (Å²) < 4.78 is 0. The molecule has 1 aliphatic rings. The Bertz CT molecular complexity index is 665. The van der Waals surface area contributed by atoms with Gasteiger partial charge in [0.2, 0.25) is 0 Å². The summed E-state index contributed by atoms with van der Waals surface area (Å²) in [7, 11) is 0. The second-order valence-corrected chi connectivity index (χ2v) is 4.55. The van der Waals surface area contributed by atoms with Crippen molar-refractivity contribution in [1.82, 2.24) is 4.98 Å². The lowest BCUT2D eigenvalue weighted by atomic mass is 10.1. The number of anilines is 1. The summed E-state index contributed by atoms with van der Waals surface area (Å²) in [4.78, 5) is 29.5. The summed E-state index contributed by atoms with van der Waals surface area (Å²) in [6.07, 6.45) is 3.35. The van der Waals surface area contributed by atoms with Crippen molar-refractivity contribution in [3.63, 3.8) is 0 Å². The van der Waals surface area contributed by atoms with E-state index < -0.39 is 11.7 Å². The van der Waals surface area contributed by atoms with E-state index >= 15 is 0 Å². The number of rotatable bonds is 2. The number of hydrogen-bond donors (Lipinski definition) is 0. The zero-order valence-electron chi connectivity index (χ0n) is 10.5. The van der Waals surface area contributed by atoms with Gasteiger partial charge >= 0.3 is 0 Å². The Kier molecular flexibility index (Phi) is 2.63. The van der Waals surface area contributed by atoms with E-state index in [2.05, 4.69) is 4.98 Å². The van der Waals surface area contributed by atoms with Crippen LogP contribution in [0.3, 0.4) is 0 Å². The van der Waals surface area contributed by atoms with Gasteiger partial charge in [-0.1, -0.05) is 12.1 Å². The molecule has 1 aromatic carbocycles. The topological polar surface area (TPSA) is 50.3 Å². The smallest absolute Gasteiger partial charge is 0.299 e. The molecule has 1 aromatic heterocycles. The van der Waals surface area contributed by atoms with E-state index in [1.807, 2.05) is 25.1 Å². The molecular weight excluding hydrogens is 240 g/mol. The van der Waals surface area contributed by atoms with Crippen LogP contribution in [0.5, 0.6) is 0 Å². The molecule has 0 N–H and O–H groups in total. The van der Waals surface area contributed by atoms with Crippen molar-refractivity contribution < 1.29 is 9.59 Å². The van der Waals surface area contributed by atoms with Gasteiger partial charge in [0.25, 0.3) is 11.7 Å². The molecule has 0 unspecified atom stereocenters. The van der Waals surface area contributed by atoms with Crippen molar-refractivity contribution >= 4 is 17.4 Å². The molecule has 0 saturated carbocycles. The fraction of sp³-hybridized carbons (Fsp3) is 0.133. The maximum Gasteiger partial charge on any atom is 0.299 e. The fourth-order valence-electron chi connectivity index (χ4n) is 2.36. The SMILES string of the molecule is Cc1cccc2c1N(Cc1ccncc1)C(=O)C2=O. The quantitative estimate of drug-likeness (QED) is 0.769. The van der Waals surface area contributed by atoms with Gasteiger partial charge in [-0.25, -0.2) is 0 Å². The minimum absolute atomic E-state index is 0.394. The lowest BCUT2D eigenvalue weighted by Gasteiger charge is -2.18. The standard InChI is InChI=1S/C15H12N2O2/c1-10-3-2-4-12-13(10)17(15(19)14(12)18)9-11-5-7-16-8-6-11/h2-8H,9H2,1H3. The summed E-state index contributed by atoms with van der Waals surface area (Å²) in [5.74, 6) is -0.881. The molecule has 4 nitrogen and oxygen atoms in total. The van der Waals surface area contributed by atoms with Crippen LogP contribution in [-0.2, 0) is 11.3 Å². The Morgan fingerprint density at radius 2 is 1.84 bits per heavy atom. The highest BCUT2D eigenvalue weighted by Crippen LogP contribution is 2.33. The molecule has 0 bridgehead atoms. The van der Waals surface area contributed by atoms with E-state index in [1.165, 1.54) is 0 Å². The number of hydrogen-bond acceptors (Lipinski definition) is 3. The number of carbonyl (C=O) groups is 2. The first-order valence-corrected chi connectivity index (χ1v) is 6.03. The molecular formula is C15H12N2O2. The third-order valence-electron chi connectivity index (χ3n) is 3.28. The monoisotopic (exact) mass is 252 g/mol. The Balaban J connectivity index is 2.04. The maximum absolute atomic E-state index is 12.1. The van der Waals surface area contributed by atoms with Crippen LogP contribution in [0.4, 0.5) is 5.69 Å². The van der Waals surface area contributed by atoms with Crippen molar-refractivity contribution in [1.29, 1.82) is 0 Å². The Morgan fingerprint density at radius 1 is 1.11 bits per heavy atom. The van der Waals surface area contributed by atoms with E-state index in [-0.39, 0.29) is 0 Å². The van der Waals surface area contributed by atoms with E-state index in [4.69, 9.17) is 0 Å². The maximum atomic E-state index is 12.1. The van der Waals surface area contributed by atoms with Gasteiger partial charge in [-0.3, -0.25) is 14.6 Å². The normalized spacial score (nSPS) is 13.8. The summed E-state index contributed by atoms with van der Waals surface area (Å²) in [6.45, 7) is 2.30. The molecule has 2 heterocycles. The zero-order valence-corrected chi connectivity index (χ0v) is 10.5. The van der Waals surface area contributed by atoms with Crippen LogP contribution >= 0.6 is 0 Å². The van der Waals surface area contributed by atoms with Crippen LogP contribution in [0, 0.1) is 6.92 Å². The van der Waals surface area contributed by atoms with Gasteiger partial charge in [-0.05, 0) is 36.2 Å². The number of nitrogens with zero attached hydrogens (tertiary/aromatic N) is 2. The summed E-state index contributed by atoms with van der Waals surface area (Å²) >= 11 is 0. The van der Waals surface area contributed by atoms with Crippen molar-refractivity contribution in [2.75, 3.05) is 4.90 Å². The van der Waals surface area contributed by atoms with Gasteiger partial charge in [0, 0.05) is 12.4 Å². The molecule has 0 spiro atoms. The first kappa shape index (κ1) is 11.6. The first-order chi connectivity index (χ1) is 9.18. The fourth-order valence-corrected chi connectivity index (χ4v) is 2.36. The number of amides is 1. The second kappa shape index (κ2) is 4.31. The number of carbonyl (C=O) groups excluding carboxylic acids is 2. The third kappa shape index (κ3) is 1.81. The number of pyridine rings is 1. The highest BCUT2D eigenvalue weighted by atomic mass is 16.2. The number of aromatic nitrogens is 1. The Labute approximate surface area is 110 Å². The predicted molar refractivity (Wildman–Crippen MR) is 70.9 cm³/mol. The average molecular weight is 252 g/mol. The van der Waals surface area contributed by atoms with Crippen LogP contribution in [-0.4, -0.2) is 16.7 Å². The number of Topliss-reactive ketones (excluding diaryl/α,β-unsaturated/α-hetero) is 1. The molecule has 2 aromatic rings. The summed E-state index contributed by atoms with van der Waals surface area (Å²) in [6, 6.07) is 9.09. The van der Waals surface area contributed by atoms with Gasteiger partial charge in [0.1, 0.15) is 0 Å². The molecule has 94 valence electrons. The predicted octanol–water partition coefficient (Wildman–Crippen LogP) is 2.12. The van der Waals surface area contributed by atoms with Crippen LogP contribution in [0.1, 0.15) is 21.5 Å². The number of para-hydroxylation sites is 1. The molecule has 19 heavy (non-hydrogen) atoms. The van der Waals surface area contributed by atoms with Gasteiger partial charge in [0.15, 0.2) is 0 Å². The van der Waals surface area contributed by atoms with E-state index in [0.717, 1.165) is 16.8 Å². The van der Waals surface area contributed by atoms with E-state index in [0.29, 0.717) is 12.1 Å². The number of aryl methyl sites for hydroxylation is 1. The Morgan fingerprint density at radius 3 is 2.58 bits per heavy atom. The summed E-state index contributed by atoms with van der Waals surface area (Å²) in [5.41, 5.74) is 3.12. The van der Waals surface area contributed by atoms with E-state index in [1.54, 1.807) is 29.4 Å². The minimum Gasteiger partial charge on any atom is -0.300 e. The van der Waals surface area contributed by atoms with Crippen molar-refractivity contribution in [2.24, 2.45) is 0 Å². The number of benzene rings is 1. The molecule has 4 heteroatoms. The van der Waals surface area contributed by atoms with Gasteiger partial charge in [-0.15, -0.1) is 0 Å². The summed E-state index contributed by atoms with van der Waals surface area (Å²) in [5, 5.41) is 0. The van der Waals surface area contributed by atoms with Crippen molar-refractivity contribution in [3.05, 3.63) is 59.4 Å². The molecule has 1 aliphatic heterocycles. The molecule has 0 aliphatic carbocycles. The van der Waals surface area contributed by atoms with Gasteiger partial charge < -0.3 is 4.90 Å². The van der Waals surface area contributed by atoms with Crippen LogP contribution in [0.25, 0.3) is 0 Å². The molecule has 0 radical (unpaired) electrons. The molecule has 1 amide bonds. The largest absolute Gasteiger partial charge is 0.300 e. The highest BCUT2D eigenvalue weighted by molar-refractivity contribution is 6.52. The van der Waals surface area contributed by atoms with E-state index in [9.17, 15) is 9.59 Å². The van der Waals surface area contributed by atoms with Crippen LogP contribution < -0.4 is 4.90 Å². The van der Waals surface area contributed by atoms with Crippen LogP contribution in [0.15, 0.2) is 42.7 Å². The first-order valence-electron chi connectivity index (χ1n) is 6.03. The van der Waals surface area contributed by atoms with Gasteiger partial charge in [0.05, 0.1) is 17.8 Å². The average Bonchev–Trinajstić information content (AvgIpc) is 2.67. The zero-order chi connectivity index (χ0) is 13.4. The molecule has 0 fully saturated rings. The Hall–Kier alpha value is -2.49. The van der Waals surface area contributed by atoms with Crippen molar-refractivity contribution in [3.8, 4) is 0 Å². The molecule has 0 atom stereocenters. The number of fused-ring (bicyclic) bond motifs is 1. The highest BCUT2D eigenvalue weighted by Gasteiger charge is 2.36. The molecule has 3 rings (SSSR count). The van der Waals surface area contributed by atoms with Crippen LogP contribution in [0.2, 0.25) is 0 Å².